The molecule has 4 aliphatic rings. The normalized spacial score (nSPS) is 19.0. The van der Waals surface area contributed by atoms with Gasteiger partial charge in [-0.3, -0.25) is 0 Å². The monoisotopic (exact) mass is 741 g/mol. The van der Waals surface area contributed by atoms with Gasteiger partial charge in [0, 0.05) is 37.6 Å². The average molecular weight is 742 g/mol. The highest BCUT2D eigenvalue weighted by Gasteiger charge is 2.31. The third-order valence-corrected chi connectivity index (χ3v) is 14.0. The number of rotatable bonds is 6. The second kappa shape index (κ2) is 15.5. The largest absolute Gasteiger partial charge is 0.239 e. The van der Waals surface area contributed by atoms with Gasteiger partial charge in [0.05, 0.1) is 0 Å². The minimum absolute atomic E-state index is 0.968. The molecule has 0 saturated heterocycles. The first-order valence-corrected chi connectivity index (χ1v) is 21.1. The summed E-state index contributed by atoms with van der Waals surface area (Å²) in [6, 6.07) is 46.1. The van der Waals surface area contributed by atoms with Crippen LogP contribution in [-0.2, 0) is 6.42 Å². The van der Waals surface area contributed by atoms with E-state index < -0.39 is 0 Å². The molecule has 4 aromatic carbocycles. The maximum atomic E-state index is 7.51. The lowest BCUT2D eigenvalue weighted by atomic mass is 9.84. The highest BCUT2D eigenvalue weighted by Crippen LogP contribution is 2.52. The van der Waals surface area contributed by atoms with Crippen molar-refractivity contribution in [1.29, 1.82) is 0 Å². The van der Waals surface area contributed by atoms with Gasteiger partial charge in [-0.05, 0) is 132 Å². The van der Waals surface area contributed by atoms with E-state index >= 15 is 0 Å². The Hall–Kier alpha value is -4.47. The molecule has 0 nitrogen and oxygen atoms in total. The molecule has 0 fully saturated rings. The highest BCUT2D eigenvalue weighted by atomic mass is 35.5. The zero-order valence-corrected chi connectivity index (χ0v) is 32.3. The smallest absolute Gasteiger partial charge is 0.0888 e. The Labute approximate surface area is 327 Å². The van der Waals surface area contributed by atoms with Crippen LogP contribution in [0.4, 0.5) is 0 Å². The zero-order valence-electron chi connectivity index (χ0n) is 29.9. The Kier molecular flexibility index (Phi) is 10.0. The summed E-state index contributed by atoms with van der Waals surface area (Å²) in [4.78, 5) is 5.50. The molecule has 2 heterocycles. The molecule has 0 spiro atoms. The number of allylic oxidation sites excluding steroid dienone is 10. The van der Waals surface area contributed by atoms with E-state index in [2.05, 4.69) is 146 Å². The minimum Gasteiger partial charge on any atom is -0.0888 e. The first-order chi connectivity index (χ1) is 26.2. The number of hydrogen-bond acceptors (Lipinski definition) is 1. The van der Waals surface area contributed by atoms with Gasteiger partial charge in [-0.1, -0.05) is 139 Å². The van der Waals surface area contributed by atoms with E-state index in [1.807, 2.05) is 23.1 Å². The summed E-state index contributed by atoms with van der Waals surface area (Å²) in [6.07, 6.45) is 17.3. The zero-order chi connectivity index (χ0) is 35.6. The Morgan fingerprint density at radius 1 is 0.547 bits per heavy atom. The van der Waals surface area contributed by atoms with Gasteiger partial charge in [-0.25, -0.2) is 0 Å². The predicted octanol–water partition coefficient (Wildman–Crippen LogP) is 15.4. The molecule has 0 bridgehead atoms. The van der Waals surface area contributed by atoms with Crippen LogP contribution in [0.3, 0.4) is 0 Å². The van der Waals surface area contributed by atoms with Gasteiger partial charge in [-0.15, -0.1) is 0 Å². The Morgan fingerprint density at radius 2 is 1.11 bits per heavy atom. The SMILES string of the molecule is ClC1=C(/C=C2\CCCc3c(-c4ccccc4)cc(-c4ccccc4)[s+]c32)CCC/C1=C\C1=C2SC(c3ccccc3)=CC(c3ccccc3)=C2CCC1. The fourth-order valence-corrected chi connectivity index (χ4v) is 11.2. The van der Waals surface area contributed by atoms with Crippen LogP contribution < -0.4 is 0 Å². The average Bonchev–Trinajstić information content (AvgIpc) is 3.23. The Morgan fingerprint density at radius 3 is 1.83 bits per heavy atom. The fourth-order valence-electron chi connectivity index (χ4n) is 8.34. The van der Waals surface area contributed by atoms with Crippen LogP contribution in [0.1, 0.15) is 72.9 Å². The molecule has 260 valence electrons. The number of benzene rings is 4. The van der Waals surface area contributed by atoms with Crippen LogP contribution in [0.2, 0.25) is 0 Å². The van der Waals surface area contributed by atoms with Gasteiger partial charge in [0.25, 0.3) is 0 Å². The number of halogens is 1. The molecule has 1 aliphatic heterocycles. The molecule has 0 N–H and O–H groups in total. The molecule has 5 aromatic rings. The molecule has 53 heavy (non-hydrogen) atoms. The van der Waals surface area contributed by atoms with Crippen molar-refractivity contribution in [1.82, 2.24) is 0 Å². The minimum atomic E-state index is 0.968. The van der Waals surface area contributed by atoms with Crippen LogP contribution in [0.15, 0.2) is 178 Å². The van der Waals surface area contributed by atoms with Gasteiger partial charge in [0.2, 0.25) is 21.1 Å². The second-order valence-electron chi connectivity index (χ2n) is 14.4. The summed E-state index contributed by atoms with van der Waals surface area (Å²) in [5.74, 6) is 0. The topological polar surface area (TPSA) is 0 Å². The molecule has 0 unspecified atom stereocenters. The van der Waals surface area contributed by atoms with Gasteiger partial charge < -0.3 is 0 Å². The van der Waals surface area contributed by atoms with Crippen LogP contribution in [0.25, 0.3) is 37.6 Å². The van der Waals surface area contributed by atoms with Crippen LogP contribution in [0, 0.1) is 0 Å². The van der Waals surface area contributed by atoms with Gasteiger partial charge in [0.1, 0.15) is 0 Å². The number of thioether (sulfide) groups is 1. The summed E-state index contributed by atoms with van der Waals surface area (Å²) in [6.45, 7) is 0. The molecule has 0 saturated carbocycles. The van der Waals surface area contributed by atoms with E-state index in [1.54, 1.807) is 0 Å². The fraction of sp³-hybridized carbons (Fsp3) is 0.180. The van der Waals surface area contributed by atoms with E-state index in [9.17, 15) is 0 Å². The quantitative estimate of drug-likeness (QED) is 0.156. The Balaban J connectivity index is 1.13. The van der Waals surface area contributed by atoms with Gasteiger partial charge in [-0.2, -0.15) is 0 Å². The summed E-state index contributed by atoms with van der Waals surface area (Å²) in [5.41, 5.74) is 16.3. The molecule has 0 amide bonds. The lowest BCUT2D eigenvalue weighted by Gasteiger charge is -2.29. The van der Waals surface area contributed by atoms with E-state index in [-0.39, 0.29) is 0 Å². The van der Waals surface area contributed by atoms with Crippen molar-refractivity contribution < 1.29 is 0 Å². The third kappa shape index (κ3) is 7.13. The predicted molar refractivity (Wildman–Crippen MR) is 232 cm³/mol. The molecule has 3 aliphatic carbocycles. The summed E-state index contributed by atoms with van der Waals surface area (Å²) in [5, 5.41) is 0.968. The standard InChI is InChI=1S/C50H42ClS2/c51-48-38(30-40-26-14-28-42-44(34-16-5-1-6-17-34)32-46(52-49(40)42)36-20-9-3-10-21-36)24-13-25-39(48)31-41-27-15-29-43-45(35-18-7-2-8-19-35)33-47(53-50(41)43)37-22-11-4-12-23-37/h1-12,16-23,30-33H,13-15,24-29H2/q+1. The molecular formula is C50H42ClS2+. The van der Waals surface area contributed by atoms with E-state index in [0.717, 1.165) is 62.8 Å². The van der Waals surface area contributed by atoms with Crippen LogP contribution in [-0.4, -0.2) is 0 Å². The summed E-state index contributed by atoms with van der Waals surface area (Å²) < 4.78 is 0. The first-order valence-electron chi connectivity index (χ1n) is 19.1. The molecule has 9 rings (SSSR count). The molecular weight excluding hydrogens is 700 g/mol. The summed E-state index contributed by atoms with van der Waals surface area (Å²) in [7, 11) is 0. The second-order valence-corrected chi connectivity index (χ2v) is 16.9. The van der Waals surface area contributed by atoms with E-state index in [0.29, 0.717) is 0 Å². The van der Waals surface area contributed by atoms with Crippen LogP contribution >= 0.6 is 34.7 Å². The molecule has 0 radical (unpaired) electrons. The van der Waals surface area contributed by atoms with Crippen molar-refractivity contribution in [2.24, 2.45) is 0 Å². The Bertz CT molecular complexity index is 2360. The van der Waals surface area contributed by atoms with Crippen molar-refractivity contribution >= 4 is 50.8 Å². The van der Waals surface area contributed by atoms with E-state index in [1.165, 1.54) is 86.4 Å². The summed E-state index contributed by atoms with van der Waals surface area (Å²) >= 11 is 11.4. The van der Waals surface area contributed by atoms with Crippen LogP contribution in [0.5, 0.6) is 0 Å². The van der Waals surface area contributed by atoms with Gasteiger partial charge >= 0.3 is 0 Å². The maximum absolute atomic E-state index is 7.51. The third-order valence-electron chi connectivity index (χ3n) is 10.9. The highest BCUT2D eigenvalue weighted by molar-refractivity contribution is 8.12. The van der Waals surface area contributed by atoms with Crippen molar-refractivity contribution in [2.45, 2.75) is 57.8 Å². The number of hydrogen-bond donors (Lipinski definition) is 0. The molecule has 3 heteroatoms. The molecule has 1 aromatic heterocycles. The first kappa shape index (κ1) is 34.3. The maximum Gasteiger partial charge on any atom is 0.239 e. The lowest BCUT2D eigenvalue weighted by Crippen LogP contribution is -2.08. The van der Waals surface area contributed by atoms with Crippen molar-refractivity contribution in [3.63, 3.8) is 0 Å². The lowest BCUT2D eigenvalue weighted by molar-refractivity contribution is 0.774. The van der Waals surface area contributed by atoms with Crippen molar-refractivity contribution in [3.8, 4) is 21.6 Å². The van der Waals surface area contributed by atoms with Crippen molar-refractivity contribution in [3.05, 3.63) is 199 Å². The number of fused-ring (bicyclic) bond motifs is 2. The molecule has 0 atom stereocenters. The van der Waals surface area contributed by atoms with Gasteiger partial charge in [0.15, 0.2) is 0 Å². The van der Waals surface area contributed by atoms with Crippen molar-refractivity contribution in [2.75, 3.05) is 0 Å². The van der Waals surface area contributed by atoms with E-state index in [4.69, 9.17) is 11.6 Å².